The Morgan fingerprint density at radius 1 is 1.71 bits per heavy atom. The largest absolute Gasteiger partial charge is 0.299 e. The second-order valence-corrected chi connectivity index (χ2v) is 1.74. The highest BCUT2D eigenvalue weighted by molar-refractivity contribution is 4.58. The van der Waals surface area contributed by atoms with Crippen LogP contribution in [0.5, 0.6) is 0 Å². The Morgan fingerprint density at radius 3 is 2.86 bits per heavy atom. The topological polar surface area (TPSA) is 33.3 Å². The molecule has 0 spiro atoms. The van der Waals surface area contributed by atoms with E-state index in [4.69, 9.17) is 4.84 Å². The number of nitrogens with one attached hydrogen (secondary N) is 2. The molecule has 0 amide bonds. The average Bonchev–Trinajstić information content (AvgIpc) is 1.69. The maximum Gasteiger partial charge on any atom is 0.0833 e. The van der Waals surface area contributed by atoms with Gasteiger partial charge in [-0.15, -0.1) is 0 Å². The van der Waals surface area contributed by atoms with Crippen LogP contribution < -0.4 is 10.8 Å². The number of hydroxylamine groups is 1. The minimum atomic E-state index is 0.501. The van der Waals surface area contributed by atoms with Gasteiger partial charge in [-0.25, -0.2) is 0 Å². The summed E-state index contributed by atoms with van der Waals surface area (Å²) in [7, 11) is 0. The van der Waals surface area contributed by atoms with Crippen molar-refractivity contribution in [2.75, 3.05) is 13.3 Å². The first-order valence-electron chi connectivity index (χ1n) is 2.47. The van der Waals surface area contributed by atoms with Crippen LogP contribution in [0.3, 0.4) is 0 Å². The summed E-state index contributed by atoms with van der Waals surface area (Å²) in [4.78, 5) is 4.87. The van der Waals surface area contributed by atoms with Gasteiger partial charge in [-0.2, -0.15) is 5.48 Å². The molecule has 0 bridgehead atoms. The molecule has 1 saturated heterocycles. The third-order valence-corrected chi connectivity index (χ3v) is 0.958. The van der Waals surface area contributed by atoms with Gasteiger partial charge in [0.2, 0.25) is 0 Å². The molecule has 1 atom stereocenters. The third kappa shape index (κ3) is 1.43. The van der Waals surface area contributed by atoms with E-state index < -0.39 is 0 Å². The molecule has 0 aromatic carbocycles. The molecular weight excluding hydrogens is 92.1 g/mol. The maximum atomic E-state index is 4.87. The van der Waals surface area contributed by atoms with Gasteiger partial charge in [0.05, 0.1) is 13.3 Å². The van der Waals surface area contributed by atoms with Crippen LogP contribution in [-0.2, 0) is 4.84 Å². The molecule has 3 heteroatoms. The van der Waals surface area contributed by atoms with Crippen molar-refractivity contribution in [3.05, 3.63) is 0 Å². The lowest BCUT2D eigenvalue weighted by Gasteiger charge is -2.19. The van der Waals surface area contributed by atoms with E-state index in [0.29, 0.717) is 6.04 Å². The van der Waals surface area contributed by atoms with Gasteiger partial charge in [-0.05, 0) is 6.92 Å². The first kappa shape index (κ1) is 5.03. The van der Waals surface area contributed by atoms with Crippen molar-refractivity contribution in [1.29, 1.82) is 0 Å². The van der Waals surface area contributed by atoms with Gasteiger partial charge >= 0.3 is 0 Å². The van der Waals surface area contributed by atoms with Crippen molar-refractivity contribution in [2.45, 2.75) is 13.0 Å². The molecule has 1 rings (SSSR count). The van der Waals surface area contributed by atoms with E-state index >= 15 is 0 Å². The van der Waals surface area contributed by atoms with Crippen molar-refractivity contribution in [3.8, 4) is 0 Å². The Kier molecular flexibility index (Phi) is 1.62. The Balaban J connectivity index is 2.12. The van der Waals surface area contributed by atoms with Crippen molar-refractivity contribution in [2.24, 2.45) is 0 Å². The van der Waals surface area contributed by atoms with Crippen LogP contribution in [-0.4, -0.2) is 19.3 Å². The van der Waals surface area contributed by atoms with Crippen molar-refractivity contribution >= 4 is 0 Å². The summed E-state index contributed by atoms with van der Waals surface area (Å²) in [5.74, 6) is 0. The van der Waals surface area contributed by atoms with E-state index in [0.717, 1.165) is 13.3 Å². The fourth-order valence-electron chi connectivity index (χ4n) is 0.510. The van der Waals surface area contributed by atoms with E-state index in [1.807, 2.05) is 0 Å². The van der Waals surface area contributed by atoms with Gasteiger partial charge in [-0.1, -0.05) is 0 Å². The third-order valence-electron chi connectivity index (χ3n) is 0.958. The first-order valence-corrected chi connectivity index (χ1v) is 2.47. The summed E-state index contributed by atoms with van der Waals surface area (Å²) in [6.45, 7) is 3.61. The summed E-state index contributed by atoms with van der Waals surface area (Å²) < 4.78 is 0. The van der Waals surface area contributed by atoms with E-state index in [1.165, 1.54) is 0 Å². The molecule has 3 nitrogen and oxygen atoms in total. The van der Waals surface area contributed by atoms with E-state index in [2.05, 4.69) is 17.7 Å². The monoisotopic (exact) mass is 102 g/mol. The lowest BCUT2D eigenvalue weighted by atomic mass is 10.4. The van der Waals surface area contributed by atoms with Crippen molar-refractivity contribution in [3.63, 3.8) is 0 Å². The predicted octanol–water partition coefficient (Wildman–Crippen LogP) is -0.543. The molecule has 0 aromatic rings. The highest BCUT2D eigenvalue weighted by Gasteiger charge is 2.03. The molecule has 0 unspecified atom stereocenters. The molecule has 0 radical (unpaired) electrons. The fraction of sp³-hybridized carbons (Fsp3) is 1.00. The molecular formula is C4H10N2O. The summed E-state index contributed by atoms with van der Waals surface area (Å²) in [6.07, 6.45) is 0. The highest BCUT2D eigenvalue weighted by atomic mass is 16.6. The standard InChI is InChI=1S/C4H10N2O/c1-4-2-7-6-3-5-4/h4-6H,2-3H2,1H3/t4-/m1/s1. The SMILES string of the molecule is C[C@@H]1CONCN1. The van der Waals surface area contributed by atoms with Gasteiger partial charge in [-0.3, -0.25) is 10.2 Å². The van der Waals surface area contributed by atoms with Gasteiger partial charge in [0, 0.05) is 6.04 Å². The molecule has 7 heavy (non-hydrogen) atoms. The zero-order valence-electron chi connectivity index (χ0n) is 4.40. The molecule has 1 aliphatic rings. The van der Waals surface area contributed by atoms with Gasteiger partial charge in [0.25, 0.3) is 0 Å². The van der Waals surface area contributed by atoms with Crippen LogP contribution in [0, 0.1) is 0 Å². The zero-order chi connectivity index (χ0) is 5.11. The second kappa shape index (κ2) is 2.26. The second-order valence-electron chi connectivity index (χ2n) is 1.74. The summed E-state index contributed by atoms with van der Waals surface area (Å²) in [6, 6.07) is 0.501. The van der Waals surface area contributed by atoms with Crippen molar-refractivity contribution < 1.29 is 4.84 Å². The molecule has 0 aliphatic carbocycles. The molecule has 42 valence electrons. The van der Waals surface area contributed by atoms with Crippen molar-refractivity contribution in [1.82, 2.24) is 10.8 Å². The van der Waals surface area contributed by atoms with Crippen LogP contribution in [0.1, 0.15) is 6.92 Å². The molecule has 2 N–H and O–H groups in total. The Morgan fingerprint density at radius 2 is 2.57 bits per heavy atom. The fourth-order valence-corrected chi connectivity index (χ4v) is 0.510. The van der Waals surface area contributed by atoms with E-state index in [1.54, 1.807) is 0 Å². The Hall–Kier alpha value is -0.120. The highest BCUT2D eigenvalue weighted by Crippen LogP contribution is 1.83. The Labute approximate surface area is 43.0 Å². The Bertz CT molecular complexity index is 51.7. The van der Waals surface area contributed by atoms with Crippen LogP contribution in [0.15, 0.2) is 0 Å². The summed E-state index contributed by atoms with van der Waals surface area (Å²) in [5, 5.41) is 3.15. The molecule has 0 aromatic heterocycles. The van der Waals surface area contributed by atoms with Crippen LogP contribution in [0.25, 0.3) is 0 Å². The number of hydrogen-bond acceptors (Lipinski definition) is 3. The first-order chi connectivity index (χ1) is 3.39. The lowest BCUT2D eigenvalue weighted by Crippen LogP contribution is -2.45. The predicted molar refractivity (Wildman–Crippen MR) is 26.6 cm³/mol. The van der Waals surface area contributed by atoms with Crippen LogP contribution in [0.2, 0.25) is 0 Å². The average molecular weight is 102 g/mol. The minimum absolute atomic E-state index is 0.501. The van der Waals surface area contributed by atoms with Crippen LogP contribution >= 0.6 is 0 Å². The minimum Gasteiger partial charge on any atom is -0.299 e. The van der Waals surface area contributed by atoms with E-state index in [-0.39, 0.29) is 0 Å². The molecule has 1 fully saturated rings. The summed E-state index contributed by atoms with van der Waals surface area (Å²) in [5.41, 5.74) is 2.70. The van der Waals surface area contributed by atoms with Gasteiger partial charge in [0.15, 0.2) is 0 Å². The molecule has 1 heterocycles. The van der Waals surface area contributed by atoms with Crippen LogP contribution in [0.4, 0.5) is 0 Å². The lowest BCUT2D eigenvalue weighted by molar-refractivity contribution is -0.00876. The van der Waals surface area contributed by atoms with E-state index in [9.17, 15) is 0 Å². The normalized spacial score (nSPS) is 33.0. The zero-order valence-corrected chi connectivity index (χ0v) is 4.40. The smallest absolute Gasteiger partial charge is 0.0833 e. The molecule has 0 saturated carbocycles. The van der Waals surface area contributed by atoms with Gasteiger partial charge in [0.1, 0.15) is 0 Å². The molecule has 1 aliphatic heterocycles. The number of rotatable bonds is 0. The van der Waals surface area contributed by atoms with Gasteiger partial charge < -0.3 is 0 Å². The quantitative estimate of drug-likeness (QED) is 0.431. The maximum absolute atomic E-state index is 4.87. The summed E-state index contributed by atoms with van der Waals surface area (Å²) >= 11 is 0. The number of hydrogen-bond donors (Lipinski definition) is 2.